The van der Waals surface area contributed by atoms with Crippen LogP contribution in [-0.4, -0.2) is 38.4 Å². The lowest BCUT2D eigenvalue weighted by Crippen LogP contribution is -2.46. The second-order valence-electron chi connectivity index (χ2n) is 6.57. The molecule has 0 saturated carbocycles. The van der Waals surface area contributed by atoms with Crippen LogP contribution in [0.25, 0.3) is 0 Å². The molecule has 2 aromatic rings. The number of aliphatic hydroxyl groups excluding tert-OH is 1. The molecule has 0 unspecified atom stereocenters. The van der Waals surface area contributed by atoms with Gasteiger partial charge in [-0.3, -0.25) is 5.32 Å². The molecule has 2 N–H and O–H groups in total. The standard InChI is InChI=1S/C20H23NO5/c1-12-19(13-3-5-14(23-2)6-4-13)15-9-17-18(25-11-24-17)10-16(15)26-20(12)21-7-8-22/h3-6,9-10,12,19-22H,7-8,11H2,1-2H3/t12-,19-,20+/m1/s1. The second kappa shape index (κ2) is 7.05. The van der Waals surface area contributed by atoms with Crippen molar-refractivity contribution in [3.8, 4) is 23.0 Å². The van der Waals surface area contributed by atoms with Gasteiger partial charge in [0.15, 0.2) is 17.7 Å². The molecule has 2 heterocycles. The molecule has 138 valence electrons. The van der Waals surface area contributed by atoms with E-state index in [0.717, 1.165) is 22.8 Å². The van der Waals surface area contributed by atoms with Gasteiger partial charge in [-0.25, -0.2) is 0 Å². The number of hydrogen-bond acceptors (Lipinski definition) is 6. The molecule has 0 spiro atoms. The van der Waals surface area contributed by atoms with E-state index in [0.29, 0.717) is 12.3 Å². The lowest BCUT2D eigenvalue weighted by Gasteiger charge is -2.38. The van der Waals surface area contributed by atoms with E-state index >= 15 is 0 Å². The number of ether oxygens (including phenoxy) is 4. The molecule has 0 amide bonds. The number of benzene rings is 2. The smallest absolute Gasteiger partial charge is 0.231 e. The third kappa shape index (κ3) is 2.95. The zero-order valence-corrected chi connectivity index (χ0v) is 14.9. The van der Waals surface area contributed by atoms with Crippen molar-refractivity contribution >= 4 is 0 Å². The van der Waals surface area contributed by atoms with Crippen LogP contribution in [0.5, 0.6) is 23.0 Å². The third-order valence-electron chi connectivity index (χ3n) is 5.03. The molecule has 0 bridgehead atoms. The highest BCUT2D eigenvalue weighted by atomic mass is 16.7. The van der Waals surface area contributed by atoms with Gasteiger partial charge >= 0.3 is 0 Å². The Kier molecular flexibility index (Phi) is 4.61. The van der Waals surface area contributed by atoms with Crippen LogP contribution in [0.1, 0.15) is 24.0 Å². The Labute approximate surface area is 152 Å². The van der Waals surface area contributed by atoms with Crippen molar-refractivity contribution in [3.63, 3.8) is 0 Å². The first-order chi connectivity index (χ1) is 12.7. The maximum Gasteiger partial charge on any atom is 0.231 e. The van der Waals surface area contributed by atoms with Crippen LogP contribution in [0, 0.1) is 5.92 Å². The fourth-order valence-electron chi connectivity index (χ4n) is 3.72. The molecule has 2 aliphatic rings. The lowest BCUT2D eigenvalue weighted by molar-refractivity contribution is 0.0743. The van der Waals surface area contributed by atoms with Crippen LogP contribution < -0.4 is 24.3 Å². The molecule has 26 heavy (non-hydrogen) atoms. The van der Waals surface area contributed by atoms with Crippen molar-refractivity contribution in [2.24, 2.45) is 5.92 Å². The number of fused-ring (bicyclic) bond motifs is 2. The molecule has 2 aliphatic heterocycles. The summed E-state index contributed by atoms with van der Waals surface area (Å²) in [5.41, 5.74) is 2.26. The Morgan fingerprint density at radius 2 is 1.85 bits per heavy atom. The summed E-state index contributed by atoms with van der Waals surface area (Å²) < 4.78 is 22.5. The summed E-state index contributed by atoms with van der Waals surface area (Å²) in [5, 5.41) is 12.5. The first-order valence-electron chi connectivity index (χ1n) is 8.79. The molecule has 0 fully saturated rings. The molecule has 4 rings (SSSR count). The van der Waals surface area contributed by atoms with Gasteiger partial charge in [-0.15, -0.1) is 0 Å². The topological polar surface area (TPSA) is 69.2 Å². The van der Waals surface area contributed by atoms with E-state index in [-0.39, 0.29) is 31.5 Å². The summed E-state index contributed by atoms with van der Waals surface area (Å²) in [6.45, 7) is 2.92. The van der Waals surface area contributed by atoms with Gasteiger partial charge in [0.05, 0.1) is 13.7 Å². The fourth-order valence-corrected chi connectivity index (χ4v) is 3.72. The van der Waals surface area contributed by atoms with Gasteiger partial charge in [0.2, 0.25) is 6.79 Å². The summed E-state index contributed by atoms with van der Waals surface area (Å²) in [4.78, 5) is 0. The van der Waals surface area contributed by atoms with Gasteiger partial charge in [-0.1, -0.05) is 19.1 Å². The van der Waals surface area contributed by atoms with Crippen molar-refractivity contribution in [3.05, 3.63) is 47.5 Å². The highest BCUT2D eigenvalue weighted by Gasteiger charge is 2.37. The number of hydrogen-bond donors (Lipinski definition) is 2. The van der Waals surface area contributed by atoms with Crippen LogP contribution in [0.15, 0.2) is 36.4 Å². The quantitative estimate of drug-likeness (QED) is 0.857. The minimum Gasteiger partial charge on any atom is -0.497 e. The van der Waals surface area contributed by atoms with Crippen LogP contribution >= 0.6 is 0 Å². The Morgan fingerprint density at radius 1 is 1.12 bits per heavy atom. The summed E-state index contributed by atoms with van der Waals surface area (Å²) in [6.07, 6.45) is -0.206. The minimum absolute atomic E-state index is 0.0633. The minimum atomic E-state index is -0.206. The van der Waals surface area contributed by atoms with Gasteiger partial charge in [0.1, 0.15) is 11.5 Å². The highest BCUT2D eigenvalue weighted by Crippen LogP contribution is 2.48. The zero-order valence-electron chi connectivity index (χ0n) is 14.9. The lowest BCUT2D eigenvalue weighted by atomic mass is 9.78. The molecule has 3 atom stereocenters. The largest absolute Gasteiger partial charge is 0.497 e. The van der Waals surface area contributed by atoms with Crippen LogP contribution in [-0.2, 0) is 0 Å². The van der Waals surface area contributed by atoms with Crippen LogP contribution in [0.2, 0.25) is 0 Å². The van der Waals surface area contributed by atoms with Gasteiger partial charge in [-0.2, -0.15) is 0 Å². The Morgan fingerprint density at radius 3 is 2.54 bits per heavy atom. The summed E-state index contributed by atoms with van der Waals surface area (Å²) in [7, 11) is 1.66. The van der Waals surface area contributed by atoms with Crippen molar-refractivity contribution in [2.75, 3.05) is 27.1 Å². The molecule has 6 heteroatoms. The first-order valence-corrected chi connectivity index (χ1v) is 8.79. The van der Waals surface area contributed by atoms with Crippen LogP contribution in [0.3, 0.4) is 0 Å². The normalized spacial score (nSPS) is 23.3. The Hall–Kier alpha value is -2.44. The van der Waals surface area contributed by atoms with Gasteiger partial charge in [0, 0.05) is 30.0 Å². The Bertz CT molecular complexity index is 777. The maximum atomic E-state index is 9.18. The average Bonchev–Trinajstić information content (AvgIpc) is 3.12. The van der Waals surface area contributed by atoms with E-state index in [1.165, 1.54) is 5.56 Å². The predicted molar refractivity (Wildman–Crippen MR) is 96.1 cm³/mol. The van der Waals surface area contributed by atoms with Crippen molar-refractivity contribution in [1.82, 2.24) is 5.32 Å². The maximum absolute atomic E-state index is 9.18. The molecule has 0 saturated heterocycles. The molecular weight excluding hydrogens is 334 g/mol. The van der Waals surface area contributed by atoms with E-state index in [4.69, 9.17) is 18.9 Å². The van der Waals surface area contributed by atoms with Gasteiger partial charge < -0.3 is 24.1 Å². The SMILES string of the molecule is COc1ccc([C@@H]2c3cc4c(cc3O[C@H](NCCO)[C@@H]2C)OCO4)cc1. The fraction of sp³-hybridized carbons (Fsp3) is 0.400. The van der Waals surface area contributed by atoms with Gasteiger partial charge in [-0.05, 0) is 23.8 Å². The summed E-state index contributed by atoms with van der Waals surface area (Å²) in [5.74, 6) is 3.34. The van der Waals surface area contributed by atoms with E-state index < -0.39 is 0 Å². The molecule has 2 aromatic carbocycles. The van der Waals surface area contributed by atoms with E-state index in [2.05, 4.69) is 24.4 Å². The van der Waals surface area contributed by atoms with E-state index in [1.54, 1.807) is 7.11 Å². The zero-order chi connectivity index (χ0) is 18.1. The number of aliphatic hydroxyl groups is 1. The molecule has 6 nitrogen and oxygen atoms in total. The van der Waals surface area contributed by atoms with Crippen molar-refractivity contribution in [2.45, 2.75) is 19.1 Å². The number of rotatable bonds is 5. The number of nitrogens with one attached hydrogen (secondary N) is 1. The van der Waals surface area contributed by atoms with Gasteiger partial charge in [0.25, 0.3) is 0 Å². The highest BCUT2D eigenvalue weighted by molar-refractivity contribution is 5.56. The summed E-state index contributed by atoms with van der Waals surface area (Å²) >= 11 is 0. The Balaban J connectivity index is 1.76. The average molecular weight is 357 g/mol. The van der Waals surface area contributed by atoms with Crippen molar-refractivity contribution < 1.29 is 24.1 Å². The monoisotopic (exact) mass is 357 g/mol. The van der Waals surface area contributed by atoms with Crippen LogP contribution in [0.4, 0.5) is 0 Å². The van der Waals surface area contributed by atoms with E-state index in [1.807, 2.05) is 24.3 Å². The number of methoxy groups -OCH3 is 1. The molecule has 0 radical (unpaired) electrons. The second-order valence-corrected chi connectivity index (χ2v) is 6.57. The molecule has 0 aromatic heterocycles. The molecular formula is C20H23NO5. The van der Waals surface area contributed by atoms with E-state index in [9.17, 15) is 5.11 Å². The molecule has 0 aliphatic carbocycles. The third-order valence-corrected chi connectivity index (χ3v) is 5.03. The predicted octanol–water partition coefficient (Wildman–Crippen LogP) is 2.49. The summed E-state index contributed by atoms with van der Waals surface area (Å²) in [6, 6.07) is 12.0. The first kappa shape index (κ1) is 17.0. The van der Waals surface area contributed by atoms with Crippen molar-refractivity contribution in [1.29, 1.82) is 0 Å².